The third-order valence-corrected chi connectivity index (χ3v) is 5.55. The molecule has 2 saturated carbocycles. The third-order valence-electron chi connectivity index (χ3n) is 5.55. The lowest BCUT2D eigenvalue weighted by Gasteiger charge is -2.40. The summed E-state index contributed by atoms with van der Waals surface area (Å²) in [6, 6.07) is 0.843. The van der Waals surface area contributed by atoms with Crippen molar-refractivity contribution in [3.8, 4) is 0 Å². The quantitative estimate of drug-likeness (QED) is 0.750. The first-order valence-corrected chi connectivity index (χ1v) is 6.28. The fourth-order valence-corrected chi connectivity index (χ4v) is 3.85. The molecule has 0 saturated heterocycles. The van der Waals surface area contributed by atoms with Crippen LogP contribution in [-0.2, 0) is 0 Å². The Balaban J connectivity index is 2.12. The fraction of sp³-hybridized carbons (Fsp3) is 1.00. The minimum atomic E-state index is 0.238. The van der Waals surface area contributed by atoms with Crippen LogP contribution < -0.4 is 5.32 Å². The van der Waals surface area contributed by atoms with Gasteiger partial charge < -0.3 is 10.4 Å². The molecule has 2 heteroatoms. The second kappa shape index (κ2) is 3.46. The largest absolute Gasteiger partial charge is 0.395 e. The first-order valence-electron chi connectivity index (χ1n) is 6.28. The Bertz CT molecular complexity index is 251. The first-order chi connectivity index (χ1) is 6.91. The Kier molecular flexibility index (Phi) is 2.63. The van der Waals surface area contributed by atoms with Gasteiger partial charge in [-0.3, -0.25) is 0 Å². The normalized spacial score (nSPS) is 44.6. The van der Waals surface area contributed by atoms with E-state index in [1.54, 1.807) is 0 Å². The predicted molar refractivity (Wildman–Crippen MR) is 62.7 cm³/mol. The maximum Gasteiger partial charge on any atom is 0.0582 e. The van der Waals surface area contributed by atoms with Crippen LogP contribution >= 0.6 is 0 Å². The average molecular weight is 211 g/mol. The van der Waals surface area contributed by atoms with Crippen LogP contribution in [0.5, 0.6) is 0 Å². The average Bonchev–Trinajstić information content (AvgIpc) is 2.50. The van der Waals surface area contributed by atoms with Crippen LogP contribution in [0.2, 0.25) is 0 Å². The van der Waals surface area contributed by atoms with E-state index in [0.29, 0.717) is 16.9 Å². The van der Waals surface area contributed by atoms with E-state index in [-0.39, 0.29) is 12.6 Å². The van der Waals surface area contributed by atoms with Crippen molar-refractivity contribution < 1.29 is 5.11 Å². The van der Waals surface area contributed by atoms with E-state index < -0.39 is 0 Å². The van der Waals surface area contributed by atoms with Crippen molar-refractivity contribution in [3.05, 3.63) is 0 Å². The van der Waals surface area contributed by atoms with E-state index in [2.05, 4.69) is 33.0 Å². The third kappa shape index (κ3) is 1.45. The van der Waals surface area contributed by atoms with Gasteiger partial charge in [0.1, 0.15) is 0 Å². The van der Waals surface area contributed by atoms with E-state index in [4.69, 9.17) is 5.11 Å². The lowest BCUT2D eigenvalue weighted by atomic mass is 9.69. The van der Waals surface area contributed by atoms with Crippen molar-refractivity contribution in [2.45, 2.75) is 59.0 Å². The highest BCUT2D eigenvalue weighted by molar-refractivity contribution is 5.13. The summed E-state index contributed by atoms with van der Waals surface area (Å²) in [5.41, 5.74) is 0.904. The zero-order valence-electron chi connectivity index (χ0n) is 10.5. The minimum absolute atomic E-state index is 0.238. The number of hydrogen-bond acceptors (Lipinski definition) is 2. The van der Waals surface area contributed by atoms with Crippen molar-refractivity contribution in [2.24, 2.45) is 16.7 Å². The summed E-state index contributed by atoms with van der Waals surface area (Å²) in [5.74, 6) is 0.880. The number of nitrogens with one attached hydrogen (secondary N) is 1. The zero-order chi connectivity index (χ0) is 11.3. The van der Waals surface area contributed by atoms with Gasteiger partial charge in [-0.2, -0.15) is 0 Å². The highest BCUT2D eigenvalue weighted by atomic mass is 16.3. The highest BCUT2D eigenvalue weighted by Crippen LogP contribution is 2.65. The summed E-state index contributed by atoms with van der Waals surface area (Å²) in [4.78, 5) is 0. The molecule has 0 aromatic carbocycles. The molecule has 0 aromatic heterocycles. The molecular formula is C13H25NO. The summed E-state index contributed by atoms with van der Waals surface area (Å²) in [7, 11) is 0. The molecule has 0 radical (unpaired) electrons. The molecule has 4 atom stereocenters. The number of hydrogen-bond donors (Lipinski definition) is 2. The molecule has 0 amide bonds. The summed E-state index contributed by atoms with van der Waals surface area (Å²) in [6.07, 6.45) is 4.05. The molecule has 2 aliphatic rings. The van der Waals surface area contributed by atoms with Gasteiger partial charge in [0.25, 0.3) is 0 Å². The van der Waals surface area contributed by atoms with Crippen LogP contribution in [0.4, 0.5) is 0 Å². The van der Waals surface area contributed by atoms with Gasteiger partial charge >= 0.3 is 0 Å². The van der Waals surface area contributed by atoms with Gasteiger partial charge in [0.2, 0.25) is 0 Å². The van der Waals surface area contributed by atoms with E-state index in [1.807, 2.05) is 0 Å². The molecule has 2 bridgehead atoms. The van der Waals surface area contributed by atoms with Crippen molar-refractivity contribution in [1.29, 1.82) is 0 Å². The smallest absolute Gasteiger partial charge is 0.0582 e. The molecule has 0 aromatic rings. The zero-order valence-corrected chi connectivity index (χ0v) is 10.5. The Labute approximate surface area is 93.5 Å². The second-order valence-electron chi connectivity index (χ2n) is 6.41. The van der Waals surface area contributed by atoms with Crippen molar-refractivity contribution >= 4 is 0 Å². The monoisotopic (exact) mass is 211 g/mol. The number of fused-ring (bicyclic) bond motifs is 2. The van der Waals surface area contributed by atoms with E-state index in [0.717, 1.165) is 5.92 Å². The second-order valence-corrected chi connectivity index (χ2v) is 6.41. The van der Waals surface area contributed by atoms with Gasteiger partial charge in [-0.1, -0.05) is 20.8 Å². The van der Waals surface area contributed by atoms with E-state index in [1.165, 1.54) is 19.3 Å². The van der Waals surface area contributed by atoms with Crippen LogP contribution in [-0.4, -0.2) is 23.8 Å². The molecule has 2 N–H and O–H groups in total. The van der Waals surface area contributed by atoms with Gasteiger partial charge in [0, 0.05) is 12.1 Å². The molecule has 88 valence electrons. The summed E-state index contributed by atoms with van der Waals surface area (Å²) in [6.45, 7) is 9.60. The van der Waals surface area contributed by atoms with E-state index in [9.17, 15) is 0 Å². The minimum Gasteiger partial charge on any atom is -0.395 e. The predicted octanol–water partition coefficient (Wildman–Crippen LogP) is 2.17. The molecule has 0 unspecified atom stereocenters. The van der Waals surface area contributed by atoms with Crippen LogP contribution in [0, 0.1) is 16.7 Å². The van der Waals surface area contributed by atoms with Crippen LogP contribution in [0.3, 0.4) is 0 Å². The molecule has 15 heavy (non-hydrogen) atoms. The summed E-state index contributed by atoms with van der Waals surface area (Å²) < 4.78 is 0. The number of rotatable bonds is 3. The molecule has 0 spiro atoms. The SMILES string of the molecule is C[C@@H](CO)N[C@H]1C[C@@H]2CC[C@]1(C)C2(C)C. The van der Waals surface area contributed by atoms with Gasteiger partial charge in [-0.25, -0.2) is 0 Å². The van der Waals surface area contributed by atoms with Crippen molar-refractivity contribution in [1.82, 2.24) is 5.32 Å². The lowest BCUT2D eigenvalue weighted by Crippen LogP contribution is -2.48. The molecule has 0 heterocycles. The van der Waals surface area contributed by atoms with E-state index >= 15 is 0 Å². The number of aliphatic hydroxyl groups excluding tert-OH is 1. The fourth-order valence-electron chi connectivity index (χ4n) is 3.85. The first kappa shape index (κ1) is 11.4. The van der Waals surface area contributed by atoms with Crippen LogP contribution in [0.15, 0.2) is 0 Å². The molecule has 0 aliphatic heterocycles. The Morgan fingerprint density at radius 2 is 2.07 bits per heavy atom. The van der Waals surface area contributed by atoms with Gasteiger partial charge in [0.05, 0.1) is 6.61 Å². The Morgan fingerprint density at radius 3 is 2.47 bits per heavy atom. The van der Waals surface area contributed by atoms with Gasteiger partial charge in [-0.15, -0.1) is 0 Å². The summed E-state index contributed by atoms with van der Waals surface area (Å²) >= 11 is 0. The Morgan fingerprint density at radius 1 is 1.40 bits per heavy atom. The van der Waals surface area contributed by atoms with Gasteiger partial charge in [0.15, 0.2) is 0 Å². The van der Waals surface area contributed by atoms with Crippen LogP contribution in [0.25, 0.3) is 0 Å². The summed E-state index contributed by atoms with van der Waals surface area (Å²) in [5, 5.41) is 12.7. The lowest BCUT2D eigenvalue weighted by molar-refractivity contribution is 0.109. The van der Waals surface area contributed by atoms with Crippen LogP contribution in [0.1, 0.15) is 47.0 Å². The van der Waals surface area contributed by atoms with Crippen molar-refractivity contribution in [2.75, 3.05) is 6.61 Å². The molecule has 2 rings (SSSR count). The maximum absolute atomic E-state index is 9.12. The van der Waals surface area contributed by atoms with Crippen molar-refractivity contribution in [3.63, 3.8) is 0 Å². The maximum atomic E-state index is 9.12. The molecule has 2 nitrogen and oxygen atoms in total. The standard InChI is InChI=1S/C13H25NO/c1-9(8-15)14-11-7-10-5-6-13(11,4)12(10,2)3/h9-11,14-15H,5-8H2,1-4H3/t9-,10-,11-,13-/m0/s1. The topological polar surface area (TPSA) is 32.3 Å². The number of aliphatic hydroxyl groups is 1. The highest BCUT2D eigenvalue weighted by Gasteiger charge is 2.61. The Hall–Kier alpha value is -0.0800. The molecular weight excluding hydrogens is 186 g/mol. The molecule has 2 fully saturated rings. The van der Waals surface area contributed by atoms with Gasteiger partial charge in [-0.05, 0) is 42.9 Å². The molecule has 2 aliphatic carbocycles.